The highest BCUT2D eigenvalue weighted by Crippen LogP contribution is 2.44. The van der Waals surface area contributed by atoms with Crippen LogP contribution in [0.1, 0.15) is 22.1 Å². The number of aromatic hydroxyl groups is 1. The van der Waals surface area contributed by atoms with Crippen molar-refractivity contribution in [3.8, 4) is 17.2 Å². The monoisotopic (exact) mass is 376 g/mol. The van der Waals surface area contributed by atoms with Crippen LogP contribution in [-0.2, 0) is 0 Å². The van der Waals surface area contributed by atoms with Crippen molar-refractivity contribution in [1.29, 1.82) is 0 Å². The normalized spacial score (nSPS) is 15.6. The molecule has 1 atom stereocenters. The van der Waals surface area contributed by atoms with E-state index in [9.17, 15) is 9.90 Å². The Balaban J connectivity index is 1.93. The van der Waals surface area contributed by atoms with E-state index in [1.165, 1.54) is 7.11 Å². The van der Waals surface area contributed by atoms with Crippen LogP contribution in [0.5, 0.6) is 17.2 Å². The second kappa shape index (κ2) is 7.15. The van der Waals surface area contributed by atoms with Gasteiger partial charge >= 0.3 is 0 Å². The van der Waals surface area contributed by atoms with Crippen LogP contribution in [-0.4, -0.2) is 25.2 Å². The molecule has 0 aliphatic carbocycles. The summed E-state index contributed by atoms with van der Waals surface area (Å²) < 4.78 is 10.7. The lowest BCUT2D eigenvalue weighted by Gasteiger charge is -2.38. The fraction of sp³-hybridized carbons (Fsp3) is 0.136. The number of anilines is 2. The van der Waals surface area contributed by atoms with Crippen molar-refractivity contribution in [3.63, 3.8) is 0 Å². The molecule has 1 amide bonds. The molecule has 3 aromatic carbocycles. The SMILES string of the molecule is COc1ccccc1N1C(=O)c2ccccc2N[C@@H]1c1cccc(OC)c1O. The number of para-hydroxylation sites is 4. The third kappa shape index (κ3) is 2.79. The number of carbonyl (C=O) groups excluding carboxylic acids is 1. The summed E-state index contributed by atoms with van der Waals surface area (Å²) in [5.74, 6) is 0.690. The van der Waals surface area contributed by atoms with Gasteiger partial charge in [0.2, 0.25) is 0 Å². The van der Waals surface area contributed by atoms with E-state index in [2.05, 4.69) is 5.32 Å². The summed E-state index contributed by atoms with van der Waals surface area (Å²) in [4.78, 5) is 15.0. The molecule has 0 fully saturated rings. The number of methoxy groups -OCH3 is 2. The highest BCUT2D eigenvalue weighted by Gasteiger charge is 2.37. The van der Waals surface area contributed by atoms with Gasteiger partial charge in [-0.2, -0.15) is 0 Å². The lowest BCUT2D eigenvalue weighted by Crippen LogP contribution is -2.43. The molecule has 3 aromatic rings. The van der Waals surface area contributed by atoms with Crippen LogP contribution in [0.2, 0.25) is 0 Å². The number of amides is 1. The van der Waals surface area contributed by atoms with Gasteiger partial charge in [-0.1, -0.05) is 36.4 Å². The van der Waals surface area contributed by atoms with Crippen molar-refractivity contribution in [1.82, 2.24) is 0 Å². The van der Waals surface area contributed by atoms with Crippen molar-refractivity contribution < 1.29 is 19.4 Å². The van der Waals surface area contributed by atoms with Gasteiger partial charge in [-0.15, -0.1) is 0 Å². The van der Waals surface area contributed by atoms with Crippen LogP contribution in [0.4, 0.5) is 11.4 Å². The molecule has 0 spiro atoms. The molecular formula is C22H20N2O4. The highest BCUT2D eigenvalue weighted by molar-refractivity contribution is 6.12. The number of benzene rings is 3. The van der Waals surface area contributed by atoms with Gasteiger partial charge in [0.15, 0.2) is 11.5 Å². The first-order valence-corrected chi connectivity index (χ1v) is 8.83. The summed E-state index contributed by atoms with van der Waals surface area (Å²) in [5.41, 5.74) is 2.37. The molecule has 1 aliphatic heterocycles. The Labute approximate surface area is 162 Å². The molecule has 1 aliphatic rings. The van der Waals surface area contributed by atoms with Gasteiger partial charge in [0, 0.05) is 11.3 Å². The van der Waals surface area contributed by atoms with Crippen LogP contribution >= 0.6 is 0 Å². The van der Waals surface area contributed by atoms with Gasteiger partial charge in [-0.05, 0) is 30.3 Å². The molecule has 4 rings (SSSR count). The quantitative estimate of drug-likeness (QED) is 0.715. The summed E-state index contributed by atoms with van der Waals surface area (Å²) in [7, 11) is 3.05. The second-order valence-corrected chi connectivity index (χ2v) is 6.34. The number of nitrogens with zero attached hydrogens (tertiary/aromatic N) is 1. The molecule has 2 N–H and O–H groups in total. The molecule has 0 unspecified atom stereocenters. The average molecular weight is 376 g/mol. The van der Waals surface area contributed by atoms with E-state index in [1.807, 2.05) is 36.4 Å². The Morgan fingerprint density at radius 1 is 0.893 bits per heavy atom. The summed E-state index contributed by atoms with van der Waals surface area (Å²) in [6.45, 7) is 0. The number of nitrogens with one attached hydrogen (secondary N) is 1. The minimum atomic E-state index is -0.645. The first-order valence-electron chi connectivity index (χ1n) is 8.83. The number of hydrogen-bond acceptors (Lipinski definition) is 5. The molecule has 0 saturated carbocycles. The summed E-state index contributed by atoms with van der Waals surface area (Å²) in [6, 6.07) is 19.8. The van der Waals surface area contributed by atoms with Crippen molar-refractivity contribution in [2.24, 2.45) is 0 Å². The number of fused-ring (bicyclic) bond motifs is 1. The smallest absolute Gasteiger partial charge is 0.262 e. The Kier molecular flexibility index (Phi) is 4.53. The first kappa shape index (κ1) is 17.7. The molecule has 142 valence electrons. The molecular weight excluding hydrogens is 356 g/mol. The fourth-order valence-corrected chi connectivity index (χ4v) is 3.47. The Hall–Kier alpha value is -3.67. The Morgan fingerprint density at radius 2 is 1.57 bits per heavy atom. The molecule has 0 bridgehead atoms. The molecule has 0 aromatic heterocycles. The van der Waals surface area contributed by atoms with E-state index in [0.29, 0.717) is 34.0 Å². The Morgan fingerprint density at radius 3 is 2.36 bits per heavy atom. The van der Waals surface area contributed by atoms with Crippen LogP contribution in [0.15, 0.2) is 66.7 Å². The van der Waals surface area contributed by atoms with E-state index in [1.54, 1.807) is 42.3 Å². The minimum Gasteiger partial charge on any atom is -0.504 e. The lowest BCUT2D eigenvalue weighted by molar-refractivity contribution is 0.0974. The van der Waals surface area contributed by atoms with Crippen molar-refractivity contribution in [3.05, 3.63) is 77.9 Å². The van der Waals surface area contributed by atoms with Gasteiger partial charge in [0.05, 0.1) is 25.5 Å². The maximum Gasteiger partial charge on any atom is 0.262 e. The van der Waals surface area contributed by atoms with Gasteiger partial charge in [-0.3, -0.25) is 9.69 Å². The number of ether oxygens (including phenoxy) is 2. The zero-order valence-corrected chi connectivity index (χ0v) is 15.5. The predicted octanol–water partition coefficient (Wildman–Crippen LogP) is 4.18. The molecule has 28 heavy (non-hydrogen) atoms. The van der Waals surface area contributed by atoms with Crippen LogP contribution in [0, 0.1) is 0 Å². The Bertz CT molecular complexity index is 1030. The molecule has 0 saturated heterocycles. The topological polar surface area (TPSA) is 71.0 Å². The number of carbonyl (C=O) groups is 1. The van der Waals surface area contributed by atoms with Gasteiger partial charge in [0.1, 0.15) is 11.9 Å². The molecule has 6 heteroatoms. The minimum absolute atomic E-state index is 0.0189. The van der Waals surface area contributed by atoms with E-state index in [-0.39, 0.29) is 11.7 Å². The standard InChI is InChI=1S/C22H20N2O4/c1-27-18-12-6-5-11-17(18)24-21(15-9-7-13-19(28-2)20(15)25)23-16-10-4-3-8-14(16)22(24)26/h3-13,21,23,25H,1-2H3/t21-/m0/s1. The number of phenols is 1. The van der Waals surface area contributed by atoms with Gasteiger partial charge < -0.3 is 19.9 Å². The van der Waals surface area contributed by atoms with E-state index >= 15 is 0 Å². The fourth-order valence-electron chi connectivity index (χ4n) is 3.47. The van der Waals surface area contributed by atoms with Crippen LogP contribution in [0.3, 0.4) is 0 Å². The third-order valence-corrected chi connectivity index (χ3v) is 4.82. The number of rotatable bonds is 4. The van der Waals surface area contributed by atoms with Crippen LogP contribution in [0.25, 0.3) is 0 Å². The van der Waals surface area contributed by atoms with Gasteiger partial charge in [0.25, 0.3) is 5.91 Å². The third-order valence-electron chi connectivity index (χ3n) is 4.82. The van der Waals surface area contributed by atoms with E-state index in [4.69, 9.17) is 9.47 Å². The molecule has 0 radical (unpaired) electrons. The van der Waals surface area contributed by atoms with Crippen molar-refractivity contribution >= 4 is 17.3 Å². The van der Waals surface area contributed by atoms with E-state index in [0.717, 1.165) is 0 Å². The zero-order valence-electron chi connectivity index (χ0n) is 15.5. The average Bonchev–Trinajstić information content (AvgIpc) is 2.74. The molecule has 1 heterocycles. The molecule has 6 nitrogen and oxygen atoms in total. The predicted molar refractivity (Wildman–Crippen MR) is 107 cm³/mol. The zero-order chi connectivity index (χ0) is 19.7. The maximum absolute atomic E-state index is 13.5. The largest absolute Gasteiger partial charge is 0.504 e. The number of phenolic OH excluding ortho intramolecular Hbond substituents is 1. The summed E-state index contributed by atoms with van der Waals surface area (Å²) in [6.07, 6.45) is -0.645. The maximum atomic E-state index is 13.5. The van der Waals surface area contributed by atoms with Crippen molar-refractivity contribution in [2.45, 2.75) is 6.17 Å². The summed E-state index contributed by atoms with van der Waals surface area (Å²) >= 11 is 0. The van der Waals surface area contributed by atoms with E-state index < -0.39 is 6.17 Å². The lowest BCUT2D eigenvalue weighted by atomic mass is 10.0. The first-order chi connectivity index (χ1) is 13.7. The highest BCUT2D eigenvalue weighted by atomic mass is 16.5. The van der Waals surface area contributed by atoms with Gasteiger partial charge in [-0.25, -0.2) is 0 Å². The van der Waals surface area contributed by atoms with Crippen LogP contribution < -0.4 is 19.7 Å². The van der Waals surface area contributed by atoms with Crippen molar-refractivity contribution in [2.75, 3.05) is 24.4 Å². The summed E-state index contributed by atoms with van der Waals surface area (Å²) in [5, 5.41) is 14.1. The number of hydrogen-bond donors (Lipinski definition) is 2. The second-order valence-electron chi connectivity index (χ2n) is 6.34.